The van der Waals surface area contributed by atoms with E-state index in [1.165, 1.54) is 12.1 Å². The first kappa shape index (κ1) is 16.4. The van der Waals surface area contributed by atoms with Gasteiger partial charge in [-0.3, -0.25) is 0 Å². The summed E-state index contributed by atoms with van der Waals surface area (Å²) in [7, 11) is 0. The van der Waals surface area contributed by atoms with E-state index < -0.39 is 24.3 Å². The van der Waals surface area contributed by atoms with Crippen LogP contribution < -0.4 is 10.5 Å². The number of halogens is 4. The Bertz CT molecular complexity index is 490. The van der Waals surface area contributed by atoms with Crippen LogP contribution in [0.4, 0.5) is 13.2 Å². The molecule has 0 heterocycles. The zero-order valence-electron chi connectivity index (χ0n) is 11.2. The van der Waals surface area contributed by atoms with Crippen LogP contribution in [0.25, 0.3) is 0 Å². The van der Waals surface area contributed by atoms with Gasteiger partial charge in [-0.25, -0.2) is 0 Å². The highest BCUT2D eigenvalue weighted by Crippen LogP contribution is 2.35. The Labute approximate surface area is 125 Å². The summed E-state index contributed by atoms with van der Waals surface area (Å²) in [4.78, 5) is 0. The summed E-state index contributed by atoms with van der Waals surface area (Å²) >= 11 is 5.78. The highest BCUT2D eigenvalue weighted by atomic mass is 35.5. The molecule has 0 amide bonds. The fourth-order valence-electron chi connectivity index (χ4n) is 2.72. The Morgan fingerprint density at radius 1 is 1.29 bits per heavy atom. The average molecular weight is 324 g/mol. The van der Waals surface area contributed by atoms with Crippen molar-refractivity contribution < 1.29 is 23.0 Å². The van der Waals surface area contributed by atoms with Gasteiger partial charge in [0.05, 0.1) is 17.2 Å². The van der Waals surface area contributed by atoms with Crippen LogP contribution in [0, 0.1) is 5.92 Å². The van der Waals surface area contributed by atoms with E-state index in [1.54, 1.807) is 0 Å². The molecule has 0 bridgehead atoms. The molecule has 7 heteroatoms. The van der Waals surface area contributed by atoms with Crippen molar-refractivity contribution in [3.63, 3.8) is 0 Å². The second kappa shape index (κ2) is 6.42. The summed E-state index contributed by atoms with van der Waals surface area (Å²) in [6.07, 6.45) is -1.56. The molecule has 1 aromatic rings. The molecule has 0 unspecified atom stereocenters. The normalized spacial score (nSPS) is 19.5. The van der Waals surface area contributed by atoms with Gasteiger partial charge in [0.15, 0.2) is 0 Å². The minimum Gasteiger partial charge on any atom is -0.404 e. The lowest BCUT2D eigenvalue weighted by Gasteiger charge is -2.25. The van der Waals surface area contributed by atoms with Gasteiger partial charge in [-0.05, 0) is 36.5 Å². The van der Waals surface area contributed by atoms with Gasteiger partial charge in [-0.1, -0.05) is 30.5 Å². The first-order valence-corrected chi connectivity index (χ1v) is 7.14. The lowest BCUT2D eigenvalue weighted by molar-refractivity contribution is -0.274. The van der Waals surface area contributed by atoms with E-state index >= 15 is 0 Å². The van der Waals surface area contributed by atoms with Crippen molar-refractivity contribution in [2.75, 3.05) is 0 Å². The minimum atomic E-state index is -4.80. The third kappa shape index (κ3) is 4.25. The maximum Gasteiger partial charge on any atom is 0.573 e. The Morgan fingerprint density at radius 2 is 1.90 bits per heavy atom. The summed E-state index contributed by atoms with van der Waals surface area (Å²) in [5.41, 5.74) is 6.49. The Balaban J connectivity index is 2.11. The molecule has 0 aliphatic heterocycles. The van der Waals surface area contributed by atoms with Crippen LogP contribution in [0.1, 0.15) is 37.3 Å². The van der Waals surface area contributed by atoms with E-state index in [1.807, 2.05) is 0 Å². The summed E-state index contributed by atoms with van der Waals surface area (Å²) in [5, 5.41) is 10.1. The maximum atomic E-state index is 12.2. The number of benzene rings is 1. The number of ether oxygens (including phenoxy) is 1. The van der Waals surface area contributed by atoms with E-state index in [4.69, 9.17) is 17.3 Å². The highest BCUT2D eigenvalue weighted by Gasteiger charge is 2.33. The summed E-state index contributed by atoms with van der Waals surface area (Å²) < 4.78 is 40.3. The number of hydrogen-bond donors (Lipinski definition) is 2. The highest BCUT2D eigenvalue weighted by molar-refractivity contribution is 6.32. The molecule has 0 saturated heterocycles. The second-order valence-electron chi connectivity index (χ2n) is 5.30. The van der Waals surface area contributed by atoms with E-state index in [2.05, 4.69) is 4.74 Å². The van der Waals surface area contributed by atoms with Gasteiger partial charge in [0.25, 0.3) is 0 Å². The summed E-state index contributed by atoms with van der Waals surface area (Å²) in [5.74, 6) is -0.347. The summed E-state index contributed by atoms with van der Waals surface area (Å²) in [6, 6.07) is 3.15. The number of aliphatic hydroxyl groups is 1. The molecule has 1 saturated carbocycles. The lowest BCUT2D eigenvalue weighted by Crippen LogP contribution is -2.31. The zero-order chi connectivity index (χ0) is 15.6. The van der Waals surface area contributed by atoms with Crippen molar-refractivity contribution in [1.82, 2.24) is 0 Å². The smallest absolute Gasteiger partial charge is 0.404 e. The number of aliphatic hydroxyl groups excluding tert-OH is 1. The van der Waals surface area contributed by atoms with Crippen molar-refractivity contribution >= 4 is 11.6 Å². The molecule has 118 valence electrons. The third-order valence-corrected chi connectivity index (χ3v) is 4.11. The number of nitrogens with two attached hydrogens (primary N) is 1. The maximum absolute atomic E-state index is 12.2. The molecular formula is C14H17ClF3NO2. The van der Waals surface area contributed by atoms with Gasteiger partial charge in [0.1, 0.15) is 5.75 Å². The van der Waals surface area contributed by atoms with Crippen LogP contribution in [-0.4, -0.2) is 17.6 Å². The Kier molecular flexibility index (Phi) is 5.01. The van der Waals surface area contributed by atoms with E-state index in [9.17, 15) is 18.3 Å². The van der Waals surface area contributed by atoms with Crippen molar-refractivity contribution in [2.45, 2.75) is 44.2 Å². The first-order chi connectivity index (χ1) is 9.78. The number of alkyl halides is 3. The van der Waals surface area contributed by atoms with Gasteiger partial charge in [0, 0.05) is 0 Å². The van der Waals surface area contributed by atoms with Gasteiger partial charge >= 0.3 is 6.36 Å². The quantitative estimate of drug-likeness (QED) is 0.886. The van der Waals surface area contributed by atoms with Crippen LogP contribution in [0.15, 0.2) is 18.2 Å². The average Bonchev–Trinajstić information content (AvgIpc) is 2.92. The van der Waals surface area contributed by atoms with Crippen molar-refractivity contribution in [2.24, 2.45) is 11.7 Å². The zero-order valence-corrected chi connectivity index (χ0v) is 12.0. The number of rotatable bonds is 4. The SMILES string of the molecule is N[C@H](c1ccc(OC(F)(F)F)c(Cl)c1)[C@@H](O)C1CCCC1. The topological polar surface area (TPSA) is 55.5 Å². The van der Waals surface area contributed by atoms with Crippen molar-refractivity contribution in [3.8, 4) is 5.75 Å². The van der Waals surface area contributed by atoms with Crippen LogP contribution in [0.3, 0.4) is 0 Å². The van der Waals surface area contributed by atoms with Crippen LogP contribution in [0.2, 0.25) is 5.02 Å². The molecule has 1 aliphatic rings. The second-order valence-corrected chi connectivity index (χ2v) is 5.71. The predicted octanol–water partition coefficient (Wildman–Crippen LogP) is 3.79. The van der Waals surface area contributed by atoms with Gasteiger partial charge in [-0.15, -0.1) is 13.2 Å². The van der Waals surface area contributed by atoms with Crippen LogP contribution >= 0.6 is 11.6 Å². The van der Waals surface area contributed by atoms with Crippen LogP contribution in [0.5, 0.6) is 5.75 Å². The molecule has 0 aromatic heterocycles. The molecule has 2 atom stereocenters. The molecule has 1 fully saturated rings. The molecule has 21 heavy (non-hydrogen) atoms. The molecule has 0 radical (unpaired) electrons. The van der Waals surface area contributed by atoms with Crippen molar-refractivity contribution in [1.29, 1.82) is 0 Å². The predicted molar refractivity (Wildman–Crippen MR) is 73.0 cm³/mol. The van der Waals surface area contributed by atoms with Crippen molar-refractivity contribution in [3.05, 3.63) is 28.8 Å². The van der Waals surface area contributed by atoms with Gasteiger partial charge < -0.3 is 15.6 Å². The molecule has 3 N–H and O–H groups in total. The molecule has 3 nitrogen and oxygen atoms in total. The largest absolute Gasteiger partial charge is 0.573 e. The Hall–Kier alpha value is -0.980. The van der Waals surface area contributed by atoms with Gasteiger partial charge in [0.2, 0.25) is 0 Å². The summed E-state index contributed by atoms with van der Waals surface area (Å²) in [6.45, 7) is 0. The molecule has 1 aromatic carbocycles. The van der Waals surface area contributed by atoms with E-state index in [0.717, 1.165) is 31.7 Å². The minimum absolute atomic E-state index is 0.130. The van der Waals surface area contributed by atoms with E-state index in [-0.39, 0.29) is 10.9 Å². The fraction of sp³-hybridized carbons (Fsp3) is 0.571. The van der Waals surface area contributed by atoms with Crippen LogP contribution in [-0.2, 0) is 0 Å². The number of hydrogen-bond acceptors (Lipinski definition) is 3. The lowest BCUT2D eigenvalue weighted by atomic mass is 9.91. The molecule has 1 aliphatic carbocycles. The standard InChI is InChI=1S/C14H17ClF3NO2/c15-10-7-9(5-6-11(10)21-14(16,17)18)12(19)13(20)8-3-1-2-4-8/h5-8,12-13,20H,1-4,19H2/t12-,13+/m1/s1. The molecular weight excluding hydrogens is 307 g/mol. The van der Waals surface area contributed by atoms with Gasteiger partial charge in [-0.2, -0.15) is 0 Å². The molecule has 0 spiro atoms. The molecule has 2 rings (SSSR count). The first-order valence-electron chi connectivity index (χ1n) is 6.77. The third-order valence-electron chi connectivity index (χ3n) is 3.82. The van der Waals surface area contributed by atoms with E-state index in [0.29, 0.717) is 5.56 Å². The Morgan fingerprint density at radius 3 is 2.43 bits per heavy atom. The monoisotopic (exact) mass is 323 g/mol. The fourth-order valence-corrected chi connectivity index (χ4v) is 2.95.